The van der Waals surface area contributed by atoms with Crippen LogP contribution >= 0.6 is 11.6 Å². The number of hydrogen-bond acceptors (Lipinski definition) is 1. The van der Waals surface area contributed by atoms with Gasteiger partial charge >= 0.3 is 0 Å². The predicted octanol–water partition coefficient (Wildman–Crippen LogP) is 3.96. The van der Waals surface area contributed by atoms with Crippen molar-refractivity contribution in [3.8, 4) is 0 Å². The molecule has 1 atom stereocenters. The van der Waals surface area contributed by atoms with Crippen LogP contribution in [0.5, 0.6) is 0 Å². The molecule has 1 aliphatic rings. The summed E-state index contributed by atoms with van der Waals surface area (Å²) in [5.41, 5.74) is -0.128. The molecule has 94 valence electrons. The second-order valence-electron chi connectivity index (χ2n) is 5.96. The van der Waals surface area contributed by atoms with Crippen molar-refractivity contribution >= 4 is 11.6 Å². The predicted molar refractivity (Wildman–Crippen MR) is 67.7 cm³/mol. The summed E-state index contributed by atoms with van der Waals surface area (Å²) < 4.78 is 13.8. The highest BCUT2D eigenvalue weighted by Crippen LogP contribution is 2.45. The van der Waals surface area contributed by atoms with E-state index < -0.39 is 11.4 Å². The molecule has 2 rings (SSSR count). The van der Waals surface area contributed by atoms with Gasteiger partial charge in [0.2, 0.25) is 0 Å². The van der Waals surface area contributed by atoms with Crippen molar-refractivity contribution in [1.29, 1.82) is 0 Å². The molecule has 1 fully saturated rings. The fourth-order valence-corrected chi connectivity index (χ4v) is 3.02. The van der Waals surface area contributed by atoms with Gasteiger partial charge in [-0.1, -0.05) is 37.6 Å². The molecule has 1 aliphatic carbocycles. The summed E-state index contributed by atoms with van der Waals surface area (Å²) in [6, 6.07) is 4.96. The lowest BCUT2D eigenvalue weighted by molar-refractivity contribution is 0.0371. The Kier molecular flexibility index (Phi) is 3.21. The Labute approximate surface area is 107 Å². The molecule has 0 heterocycles. The molecule has 0 spiro atoms. The molecule has 17 heavy (non-hydrogen) atoms. The lowest BCUT2D eigenvalue weighted by Gasteiger charge is -2.25. The molecular formula is C14H18ClFO. The van der Waals surface area contributed by atoms with Gasteiger partial charge in [-0.25, -0.2) is 4.39 Å². The maximum Gasteiger partial charge on any atom is 0.145 e. The van der Waals surface area contributed by atoms with Gasteiger partial charge in [-0.15, -0.1) is 0 Å². The van der Waals surface area contributed by atoms with Gasteiger partial charge in [-0.2, -0.15) is 0 Å². The Morgan fingerprint density at radius 2 is 2.06 bits per heavy atom. The second kappa shape index (κ2) is 4.25. The van der Waals surface area contributed by atoms with Crippen molar-refractivity contribution in [2.24, 2.45) is 5.41 Å². The Balaban J connectivity index is 2.19. The first kappa shape index (κ1) is 12.8. The summed E-state index contributed by atoms with van der Waals surface area (Å²) in [4.78, 5) is 0. The first-order valence-electron chi connectivity index (χ1n) is 5.97. The molecule has 0 saturated heterocycles. The molecule has 3 heteroatoms. The van der Waals surface area contributed by atoms with Crippen molar-refractivity contribution in [2.75, 3.05) is 0 Å². The zero-order valence-corrected chi connectivity index (χ0v) is 11.0. The maximum absolute atomic E-state index is 13.8. The highest BCUT2D eigenvalue weighted by Gasteiger charge is 2.42. The fraction of sp³-hybridized carbons (Fsp3) is 0.571. The van der Waals surface area contributed by atoms with E-state index in [1.165, 1.54) is 6.07 Å². The minimum Gasteiger partial charge on any atom is -0.390 e. The van der Waals surface area contributed by atoms with Crippen LogP contribution in [0.2, 0.25) is 5.02 Å². The zero-order valence-electron chi connectivity index (χ0n) is 10.3. The maximum atomic E-state index is 13.8. The van der Waals surface area contributed by atoms with Gasteiger partial charge < -0.3 is 5.11 Å². The quantitative estimate of drug-likeness (QED) is 0.849. The summed E-state index contributed by atoms with van der Waals surface area (Å²) in [7, 11) is 0. The monoisotopic (exact) mass is 256 g/mol. The summed E-state index contributed by atoms with van der Waals surface area (Å²) in [6.07, 6.45) is 2.77. The van der Waals surface area contributed by atoms with Gasteiger partial charge in [0.1, 0.15) is 5.82 Å². The molecule has 1 saturated carbocycles. The number of halogens is 2. The number of hydrogen-bond donors (Lipinski definition) is 1. The highest BCUT2D eigenvalue weighted by molar-refractivity contribution is 6.30. The Morgan fingerprint density at radius 1 is 1.35 bits per heavy atom. The Bertz CT molecular complexity index is 430. The molecule has 1 aromatic carbocycles. The van der Waals surface area contributed by atoms with E-state index in [0.29, 0.717) is 18.4 Å². The van der Waals surface area contributed by atoms with Gasteiger partial charge in [0.05, 0.1) is 10.6 Å². The third kappa shape index (κ3) is 2.80. The number of aliphatic hydroxyl groups is 1. The van der Waals surface area contributed by atoms with Gasteiger partial charge in [-0.05, 0) is 36.3 Å². The minimum absolute atomic E-state index is 0.128. The van der Waals surface area contributed by atoms with Crippen LogP contribution in [-0.4, -0.2) is 10.7 Å². The molecule has 1 aromatic rings. The third-order valence-corrected chi connectivity index (χ3v) is 3.92. The molecule has 1 unspecified atom stereocenters. The molecule has 0 radical (unpaired) electrons. The van der Waals surface area contributed by atoms with Crippen molar-refractivity contribution in [3.05, 3.63) is 34.6 Å². The van der Waals surface area contributed by atoms with E-state index >= 15 is 0 Å². The van der Waals surface area contributed by atoms with Crippen molar-refractivity contribution < 1.29 is 9.50 Å². The van der Waals surface area contributed by atoms with Crippen molar-refractivity contribution in [1.82, 2.24) is 0 Å². The third-order valence-electron chi connectivity index (χ3n) is 3.63. The van der Waals surface area contributed by atoms with E-state index in [9.17, 15) is 9.50 Å². The summed E-state index contributed by atoms with van der Waals surface area (Å²) in [5.74, 6) is -0.396. The normalized spacial score (nSPS) is 27.4. The zero-order chi connectivity index (χ0) is 12.7. The Hall–Kier alpha value is -0.600. The standard InChI is InChI=1S/C14H18ClFO/c1-13(2)6-7-14(17,9-13)8-10-4-3-5-11(15)12(10)16/h3-5,17H,6-9H2,1-2H3. The lowest BCUT2D eigenvalue weighted by atomic mass is 9.86. The van der Waals surface area contributed by atoms with E-state index in [2.05, 4.69) is 13.8 Å². The van der Waals surface area contributed by atoms with Crippen LogP contribution in [0.25, 0.3) is 0 Å². The van der Waals surface area contributed by atoms with Gasteiger partial charge in [0.15, 0.2) is 0 Å². The largest absolute Gasteiger partial charge is 0.390 e. The molecule has 0 aliphatic heterocycles. The molecule has 0 amide bonds. The fourth-order valence-electron chi connectivity index (χ4n) is 2.83. The van der Waals surface area contributed by atoms with Crippen LogP contribution in [0.4, 0.5) is 4.39 Å². The van der Waals surface area contributed by atoms with E-state index in [0.717, 1.165) is 12.8 Å². The topological polar surface area (TPSA) is 20.2 Å². The van der Waals surface area contributed by atoms with Crippen LogP contribution in [0.3, 0.4) is 0 Å². The van der Waals surface area contributed by atoms with E-state index in [4.69, 9.17) is 11.6 Å². The van der Waals surface area contributed by atoms with Gasteiger partial charge in [0.25, 0.3) is 0 Å². The molecule has 1 nitrogen and oxygen atoms in total. The van der Waals surface area contributed by atoms with Crippen LogP contribution in [0, 0.1) is 11.2 Å². The molecule has 0 bridgehead atoms. The van der Waals surface area contributed by atoms with Crippen LogP contribution in [0.15, 0.2) is 18.2 Å². The average Bonchev–Trinajstić information content (AvgIpc) is 2.49. The summed E-state index contributed by atoms with van der Waals surface area (Å²) in [6.45, 7) is 4.28. The Morgan fingerprint density at radius 3 is 2.65 bits per heavy atom. The summed E-state index contributed by atoms with van der Waals surface area (Å²) >= 11 is 5.74. The first-order chi connectivity index (χ1) is 7.81. The summed E-state index contributed by atoms with van der Waals surface area (Å²) in [5, 5.41) is 10.6. The van der Waals surface area contributed by atoms with Gasteiger partial charge in [-0.3, -0.25) is 0 Å². The van der Waals surface area contributed by atoms with E-state index in [-0.39, 0.29) is 10.4 Å². The van der Waals surface area contributed by atoms with Crippen molar-refractivity contribution in [2.45, 2.75) is 45.1 Å². The molecule has 0 aromatic heterocycles. The van der Waals surface area contributed by atoms with Crippen LogP contribution < -0.4 is 0 Å². The lowest BCUT2D eigenvalue weighted by Crippen LogP contribution is -2.29. The average molecular weight is 257 g/mol. The van der Waals surface area contributed by atoms with Gasteiger partial charge in [0, 0.05) is 6.42 Å². The highest BCUT2D eigenvalue weighted by atomic mass is 35.5. The SMILES string of the molecule is CC1(C)CCC(O)(Cc2cccc(Cl)c2F)C1. The first-order valence-corrected chi connectivity index (χ1v) is 6.34. The minimum atomic E-state index is -0.783. The smallest absolute Gasteiger partial charge is 0.145 e. The van der Waals surface area contributed by atoms with Crippen LogP contribution in [0.1, 0.15) is 38.7 Å². The van der Waals surface area contributed by atoms with E-state index in [1.54, 1.807) is 12.1 Å². The number of rotatable bonds is 2. The van der Waals surface area contributed by atoms with E-state index in [1.807, 2.05) is 0 Å². The van der Waals surface area contributed by atoms with Crippen molar-refractivity contribution in [3.63, 3.8) is 0 Å². The molecule has 1 N–H and O–H groups in total. The number of benzene rings is 1. The van der Waals surface area contributed by atoms with Crippen LogP contribution in [-0.2, 0) is 6.42 Å². The molecular weight excluding hydrogens is 239 g/mol. The second-order valence-corrected chi connectivity index (χ2v) is 6.36.